The lowest BCUT2D eigenvalue weighted by atomic mass is 10.1. The van der Waals surface area contributed by atoms with Crippen LogP contribution in [-0.2, 0) is 14.8 Å². The number of benzene rings is 2. The first-order valence-corrected chi connectivity index (χ1v) is 12.1. The average molecular weight is 459 g/mol. The number of hydrogen-bond donors (Lipinski definition) is 3. The summed E-state index contributed by atoms with van der Waals surface area (Å²) in [4.78, 5) is 24.6. The van der Waals surface area contributed by atoms with E-state index in [0.717, 1.165) is 22.5 Å². The van der Waals surface area contributed by atoms with E-state index in [0.29, 0.717) is 5.69 Å². The van der Waals surface area contributed by atoms with Crippen LogP contribution < -0.4 is 16.0 Å². The molecule has 0 spiro atoms. The number of sulfonamides is 1. The molecule has 32 heavy (non-hydrogen) atoms. The van der Waals surface area contributed by atoms with Crippen molar-refractivity contribution in [2.24, 2.45) is 5.92 Å². The van der Waals surface area contributed by atoms with Crippen LogP contribution in [0.3, 0.4) is 0 Å². The molecule has 8 nitrogen and oxygen atoms in total. The maximum atomic E-state index is 12.4. The van der Waals surface area contributed by atoms with Crippen LogP contribution in [0.5, 0.6) is 0 Å². The standard InChI is InChI=1S/C23H30N4O4S/c1-27(2)32(30,31)21-9-5-8-18(14-21)23(29)25-16-22(28)26-20-12-10-19(11-13-20)24-15-17-6-3-4-7-17/h5,8-14,17,24H,3-4,6-7,15-16H2,1-2H3,(H,25,29)(H,26,28). The first kappa shape index (κ1) is 23.7. The van der Waals surface area contributed by atoms with Crippen molar-refractivity contribution >= 4 is 33.2 Å². The Morgan fingerprint density at radius 1 is 1.00 bits per heavy atom. The minimum Gasteiger partial charge on any atom is -0.385 e. The number of amides is 2. The molecule has 1 fully saturated rings. The summed E-state index contributed by atoms with van der Waals surface area (Å²) in [6.45, 7) is 0.736. The Kier molecular flexibility index (Phi) is 7.87. The van der Waals surface area contributed by atoms with Crippen molar-refractivity contribution in [3.05, 3.63) is 54.1 Å². The van der Waals surface area contributed by atoms with E-state index in [9.17, 15) is 18.0 Å². The summed E-state index contributed by atoms with van der Waals surface area (Å²) in [5.74, 6) is -0.161. The van der Waals surface area contributed by atoms with Gasteiger partial charge in [0.2, 0.25) is 15.9 Å². The molecule has 0 bridgehead atoms. The molecule has 0 aromatic heterocycles. The van der Waals surface area contributed by atoms with Gasteiger partial charge in [-0.2, -0.15) is 0 Å². The molecule has 1 saturated carbocycles. The highest BCUT2D eigenvalue weighted by molar-refractivity contribution is 7.89. The van der Waals surface area contributed by atoms with Gasteiger partial charge in [-0.15, -0.1) is 0 Å². The molecule has 0 aliphatic heterocycles. The number of nitrogens with one attached hydrogen (secondary N) is 3. The van der Waals surface area contributed by atoms with Crippen molar-refractivity contribution in [3.63, 3.8) is 0 Å². The number of nitrogens with zero attached hydrogens (tertiary/aromatic N) is 1. The van der Waals surface area contributed by atoms with Gasteiger partial charge in [0, 0.05) is 37.6 Å². The number of carbonyl (C=O) groups excluding carboxylic acids is 2. The second kappa shape index (κ2) is 10.6. The van der Waals surface area contributed by atoms with Gasteiger partial charge in [-0.25, -0.2) is 12.7 Å². The van der Waals surface area contributed by atoms with Gasteiger partial charge in [0.1, 0.15) is 0 Å². The molecule has 0 saturated heterocycles. The van der Waals surface area contributed by atoms with Crippen LogP contribution in [-0.4, -0.2) is 51.7 Å². The smallest absolute Gasteiger partial charge is 0.251 e. The monoisotopic (exact) mass is 458 g/mol. The Balaban J connectivity index is 1.48. The maximum absolute atomic E-state index is 12.4. The summed E-state index contributed by atoms with van der Waals surface area (Å²) in [6, 6.07) is 13.2. The summed E-state index contributed by atoms with van der Waals surface area (Å²) >= 11 is 0. The molecule has 3 N–H and O–H groups in total. The van der Waals surface area contributed by atoms with Crippen molar-refractivity contribution in [1.82, 2.24) is 9.62 Å². The van der Waals surface area contributed by atoms with E-state index in [4.69, 9.17) is 0 Å². The molecule has 1 aliphatic rings. The van der Waals surface area contributed by atoms with Gasteiger partial charge in [-0.3, -0.25) is 9.59 Å². The van der Waals surface area contributed by atoms with Crippen molar-refractivity contribution in [2.45, 2.75) is 30.6 Å². The molecule has 3 rings (SSSR count). The lowest BCUT2D eigenvalue weighted by Crippen LogP contribution is -2.33. The van der Waals surface area contributed by atoms with Crippen LogP contribution >= 0.6 is 0 Å². The minimum atomic E-state index is -3.65. The van der Waals surface area contributed by atoms with Crippen LogP contribution in [0.2, 0.25) is 0 Å². The fourth-order valence-corrected chi connectivity index (χ4v) is 4.57. The third-order valence-electron chi connectivity index (χ3n) is 5.52. The minimum absolute atomic E-state index is 0.0150. The predicted molar refractivity (Wildman–Crippen MR) is 125 cm³/mol. The Morgan fingerprint density at radius 3 is 2.31 bits per heavy atom. The quantitative estimate of drug-likeness (QED) is 0.536. The average Bonchev–Trinajstić information content (AvgIpc) is 3.30. The van der Waals surface area contributed by atoms with E-state index in [2.05, 4.69) is 16.0 Å². The van der Waals surface area contributed by atoms with Crippen LogP contribution in [0.4, 0.5) is 11.4 Å². The van der Waals surface area contributed by atoms with Crippen LogP contribution in [0.15, 0.2) is 53.4 Å². The van der Waals surface area contributed by atoms with Crippen molar-refractivity contribution in [2.75, 3.05) is 37.8 Å². The van der Waals surface area contributed by atoms with Gasteiger partial charge in [0.05, 0.1) is 11.4 Å². The van der Waals surface area contributed by atoms with E-state index in [1.807, 2.05) is 24.3 Å². The molecule has 2 amide bonds. The van der Waals surface area contributed by atoms with E-state index in [1.165, 1.54) is 64.0 Å². The Morgan fingerprint density at radius 2 is 1.66 bits per heavy atom. The molecule has 0 heterocycles. The highest BCUT2D eigenvalue weighted by Crippen LogP contribution is 2.25. The zero-order chi connectivity index (χ0) is 23.1. The maximum Gasteiger partial charge on any atom is 0.251 e. The summed E-state index contributed by atoms with van der Waals surface area (Å²) in [7, 11) is -0.806. The summed E-state index contributed by atoms with van der Waals surface area (Å²) < 4.78 is 25.5. The SMILES string of the molecule is CN(C)S(=O)(=O)c1cccc(C(=O)NCC(=O)Nc2ccc(NCC3CCCC3)cc2)c1. The van der Waals surface area contributed by atoms with Crippen molar-refractivity contribution in [3.8, 4) is 0 Å². The Hall–Kier alpha value is -2.91. The van der Waals surface area contributed by atoms with E-state index in [1.54, 1.807) is 0 Å². The third kappa shape index (κ3) is 6.30. The fourth-order valence-electron chi connectivity index (χ4n) is 3.62. The number of carbonyl (C=O) groups is 2. The second-order valence-electron chi connectivity index (χ2n) is 8.15. The third-order valence-corrected chi connectivity index (χ3v) is 7.33. The van der Waals surface area contributed by atoms with Crippen LogP contribution in [0.1, 0.15) is 36.0 Å². The van der Waals surface area contributed by atoms with Gasteiger partial charge in [-0.1, -0.05) is 18.9 Å². The first-order chi connectivity index (χ1) is 15.3. The lowest BCUT2D eigenvalue weighted by molar-refractivity contribution is -0.115. The largest absolute Gasteiger partial charge is 0.385 e. The Bertz CT molecular complexity index is 1050. The van der Waals surface area contributed by atoms with Gasteiger partial charge >= 0.3 is 0 Å². The Labute approximate surface area is 189 Å². The zero-order valence-electron chi connectivity index (χ0n) is 18.4. The van der Waals surface area contributed by atoms with Crippen molar-refractivity contribution < 1.29 is 18.0 Å². The number of rotatable bonds is 9. The molecule has 0 radical (unpaired) electrons. The second-order valence-corrected chi connectivity index (χ2v) is 10.3. The van der Waals surface area contributed by atoms with E-state index >= 15 is 0 Å². The molecule has 2 aromatic rings. The van der Waals surface area contributed by atoms with Crippen LogP contribution in [0, 0.1) is 5.92 Å². The molecule has 172 valence electrons. The van der Waals surface area contributed by atoms with Crippen LogP contribution in [0.25, 0.3) is 0 Å². The first-order valence-electron chi connectivity index (χ1n) is 10.7. The molecule has 1 aliphatic carbocycles. The summed E-state index contributed by atoms with van der Waals surface area (Å²) in [5, 5.41) is 8.69. The van der Waals surface area contributed by atoms with Gasteiger partial charge < -0.3 is 16.0 Å². The highest BCUT2D eigenvalue weighted by atomic mass is 32.2. The number of hydrogen-bond acceptors (Lipinski definition) is 5. The van der Waals surface area contributed by atoms with E-state index < -0.39 is 15.9 Å². The molecular weight excluding hydrogens is 428 g/mol. The topological polar surface area (TPSA) is 108 Å². The van der Waals surface area contributed by atoms with Gasteiger partial charge in [0.25, 0.3) is 5.91 Å². The molecule has 0 atom stereocenters. The van der Waals surface area contributed by atoms with Gasteiger partial charge in [-0.05, 0) is 61.2 Å². The molecule has 0 unspecified atom stereocenters. The molecule has 9 heteroatoms. The lowest BCUT2D eigenvalue weighted by Gasteiger charge is -2.13. The zero-order valence-corrected chi connectivity index (χ0v) is 19.2. The number of anilines is 2. The fraction of sp³-hybridized carbons (Fsp3) is 0.391. The normalized spacial score (nSPS) is 14.3. The van der Waals surface area contributed by atoms with Crippen molar-refractivity contribution in [1.29, 1.82) is 0 Å². The summed E-state index contributed by atoms with van der Waals surface area (Å²) in [6.07, 6.45) is 5.19. The predicted octanol–water partition coefficient (Wildman–Crippen LogP) is 2.91. The highest BCUT2D eigenvalue weighted by Gasteiger charge is 2.19. The summed E-state index contributed by atoms with van der Waals surface area (Å²) in [5.41, 5.74) is 1.81. The molecule has 2 aromatic carbocycles. The molecular formula is C23H30N4O4S. The van der Waals surface area contributed by atoms with E-state index in [-0.39, 0.29) is 22.9 Å². The van der Waals surface area contributed by atoms with Gasteiger partial charge in [0.15, 0.2) is 0 Å².